The third kappa shape index (κ3) is 3.48. The number of fused-ring (bicyclic) bond motifs is 1. The van der Waals surface area contributed by atoms with Crippen LogP contribution in [0, 0.1) is 0 Å². The SMILES string of the molecule is CCOC(=O)C1=C(CSc2nc3ccccc3[nH]2)NC(=O)NC1. The van der Waals surface area contributed by atoms with Crippen molar-refractivity contribution in [3.05, 3.63) is 35.5 Å². The van der Waals surface area contributed by atoms with E-state index in [1.54, 1.807) is 6.92 Å². The van der Waals surface area contributed by atoms with Gasteiger partial charge in [-0.15, -0.1) is 0 Å². The van der Waals surface area contributed by atoms with Gasteiger partial charge in [-0.25, -0.2) is 14.6 Å². The number of aromatic amines is 1. The first-order chi connectivity index (χ1) is 11.2. The first kappa shape index (κ1) is 15.4. The van der Waals surface area contributed by atoms with Crippen LogP contribution in [0.15, 0.2) is 40.7 Å². The fraction of sp³-hybridized carbons (Fsp3) is 0.267. The molecular weight excluding hydrogens is 316 g/mol. The van der Waals surface area contributed by atoms with Crippen LogP contribution in [0.4, 0.5) is 4.79 Å². The molecule has 0 radical (unpaired) electrons. The van der Waals surface area contributed by atoms with Gasteiger partial charge in [0.25, 0.3) is 0 Å². The van der Waals surface area contributed by atoms with Crippen molar-refractivity contribution in [2.75, 3.05) is 18.9 Å². The number of benzene rings is 1. The zero-order valence-electron chi connectivity index (χ0n) is 12.5. The Hall–Kier alpha value is -2.48. The van der Waals surface area contributed by atoms with E-state index in [0.717, 1.165) is 16.2 Å². The molecule has 0 bridgehead atoms. The van der Waals surface area contributed by atoms with Crippen molar-refractivity contribution >= 4 is 34.8 Å². The number of carbonyl (C=O) groups is 2. The summed E-state index contributed by atoms with van der Waals surface area (Å²) in [5.41, 5.74) is 2.82. The molecule has 0 atom stereocenters. The summed E-state index contributed by atoms with van der Waals surface area (Å²) in [7, 11) is 0. The molecule has 0 spiro atoms. The topological polar surface area (TPSA) is 96.1 Å². The van der Waals surface area contributed by atoms with Crippen LogP contribution in [0.2, 0.25) is 0 Å². The van der Waals surface area contributed by atoms with Gasteiger partial charge in [0.2, 0.25) is 0 Å². The Balaban J connectivity index is 1.77. The normalized spacial score (nSPS) is 14.6. The maximum atomic E-state index is 12.0. The molecule has 0 saturated heterocycles. The molecule has 7 nitrogen and oxygen atoms in total. The average molecular weight is 332 g/mol. The van der Waals surface area contributed by atoms with Gasteiger partial charge in [-0.3, -0.25) is 0 Å². The third-order valence-corrected chi connectivity index (χ3v) is 4.20. The first-order valence-electron chi connectivity index (χ1n) is 7.19. The van der Waals surface area contributed by atoms with Crippen LogP contribution in [0.5, 0.6) is 0 Å². The number of urea groups is 1. The van der Waals surface area contributed by atoms with Gasteiger partial charge in [0.05, 0.1) is 29.8 Å². The number of hydrogen-bond donors (Lipinski definition) is 3. The van der Waals surface area contributed by atoms with E-state index in [2.05, 4.69) is 20.6 Å². The summed E-state index contributed by atoms with van der Waals surface area (Å²) in [4.78, 5) is 31.1. The quantitative estimate of drug-likeness (QED) is 0.573. The largest absolute Gasteiger partial charge is 0.463 e. The number of rotatable bonds is 5. The summed E-state index contributed by atoms with van der Waals surface area (Å²) < 4.78 is 5.03. The molecule has 3 rings (SSSR count). The molecule has 2 amide bonds. The van der Waals surface area contributed by atoms with E-state index in [4.69, 9.17) is 4.74 Å². The number of amides is 2. The predicted molar refractivity (Wildman–Crippen MR) is 87.0 cm³/mol. The second-order valence-corrected chi connectivity index (χ2v) is 5.80. The van der Waals surface area contributed by atoms with Crippen LogP contribution in [0.3, 0.4) is 0 Å². The van der Waals surface area contributed by atoms with E-state index >= 15 is 0 Å². The van der Waals surface area contributed by atoms with E-state index in [0.29, 0.717) is 23.6 Å². The van der Waals surface area contributed by atoms with Crippen molar-refractivity contribution in [2.45, 2.75) is 12.1 Å². The van der Waals surface area contributed by atoms with Crippen LogP contribution >= 0.6 is 11.8 Å². The first-order valence-corrected chi connectivity index (χ1v) is 8.17. The van der Waals surface area contributed by atoms with Crippen LogP contribution in [-0.4, -0.2) is 40.9 Å². The smallest absolute Gasteiger partial charge is 0.337 e. The number of imidazole rings is 1. The number of hydrogen-bond acceptors (Lipinski definition) is 5. The molecule has 0 aliphatic carbocycles. The van der Waals surface area contributed by atoms with Crippen LogP contribution in [0.1, 0.15) is 6.92 Å². The summed E-state index contributed by atoms with van der Waals surface area (Å²) in [6.45, 7) is 2.21. The van der Waals surface area contributed by atoms with Crippen molar-refractivity contribution in [3.8, 4) is 0 Å². The summed E-state index contributed by atoms with van der Waals surface area (Å²) >= 11 is 1.42. The number of esters is 1. The number of nitrogens with one attached hydrogen (secondary N) is 3. The molecule has 3 N–H and O–H groups in total. The number of para-hydroxylation sites is 2. The lowest BCUT2D eigenvalue weighted by atomic mass is 10.2. The number of H-pyrrole nitrogens is 1. The monoisotopic (exact) mass is 332 g/mol. The molecule has 2 heterocycles. The van der Waals surface area contributed by atoms with Gasteiger partial charge in [-0.2, -0.15) is 0 Å². The minimum Gasteiger partial charge on any atom is -0.463 e. The number of thioether (sulfide) groups is 1. The highest BCUT2D eigenvalue weighted by Gasteiger charge is 2.23. The highest BCUT2D eigenvalue weighted by Crippen LogP contribution is 2.22. The molecule has 8 heteroatoms. The highest BCUT2D eigenvalue weighted by atomic mass is 32.2. The average Bonchev–Trinajstić information content (AvgIpc) is 2.96. The van der Waals surface area contributed by atoms with Gasteiger partial charge in [0, 0.05) is 11.4 Å². The van der Waals surface area contributed by atoms with Gasteiger partial charge in [-0.05, 0) is 19.1 Å². The zero-order chi connectivity index (χ0) is 16.2. The van der Waals surface area contributed by atoms with E-state index in [1.165, 1.54) is 11.8 Å². The Morgan fingerprint density at radius 1 is 1.39 bits per heavy atom. The fourth-order valence-electron chi connectivity index (χ4n) is 2.21. The van der Waals surface area contributed by atoms with Crippen molar-refractivity contribution in [1.82, 2.24) is 20.6 Å². The molecule has 120 valence electrons. The van der Waals surface area contributed by atoms with E-state index in [-0.39, 0.29) is 12.6 Å². The molecule has 1 aliphatic heterocycles. The summed E-state index contributed by atoms with van der Waals surface area (Å²) in [5.74, 6) is 0.00157. The molecular formula is C15H16N4O3S. The molecule has 0 fully saturated rings. The highest BCUT2D eigenvalue weighted by molar-refractivity contribution is 7.99. The summed E-state index contributed by atoms with van der Waals surface area (Å²) in [6, 6.07) is 7.40. The van der Waals surface area contributed by atoms with Crippen LogP contribution < -0.4 is 10.6 Å². The lowest BCUT2D eigenvalue weighted by molar-refractivity contribution is -0.138. The summed E-state index contributed by atoms with van der Waals surface area (Å²) in [5, 5.41) is 5.99. The lowest BCUT2D eigenvalue weighted by Crippen LogP contribution is -2.44. The van der Waals surface area contributed by atoms with Gasteiger partial charge in [-0.1, -0.05) is 23.9 Å². The van der Waals surface area contributed by atoms with Crippen molar-refractivity contribution in [2.24, 2.45) is 0 Å². The molecule has 23 heavy (non-hydrogen) atoms. The van der Waals surface area contributed by atoms with Gasteiger partial charge < -0.3 is 20.4 Å². The number of carbonyl (C=O) groups excluding carboxylic acids is 2. The maximum absolute atomic E-state index is 12.0. The van der Waals surface area contributed by atoms with Crippen molar-refractivity contribution in [1.29, 1.82) is 0 Å². The zero-order valence-corrected chi connectivity index (χ0v) is 13.3. The molecule has 1 aliphatic rings. The summed E-state index contributed by atoms with van der Waals surface area (Å²) in [6.07, 6.45) is 0. The molecule has 0 saturated carbocycles. The van der Waals surface area contributed by atoms with Gasteiger partial charge in [0.1, 0.15) is 0 Å². The Bertz CT molecular complexity index is 751. The van der Waals surface area contributed by atoms with E-state index in [1.807, 2.05) is 24.3 Å². The second kappa shape index (κ2) is 6.74. The van der Waals surface area contributed by atoms with E-state index in [9.17, 15) is 9.59 Å². The number of ether oxygens (including phenoxy) is 1. The molecule has 0 unspecified atom stereocenters. The Morgan fingerprint density at radius 2 is 2.22 bits per heavy atom. The Kier molecular flexibility index (Phi) is 4.52. The predicted octanol–water partition coefficient (Wildman–Crippen LogP) is 1.78. The minimum atomic E-state index is -0.416. The molecule has 1 aromatic heterocycles. The van der Waals surface area contributed by atoms with Crippen LogP contribution in [0.25, 0.3) is 11.0 Å². The van der Waals surface area contributed by atoms with Crippen molar-refractivity contribution < 1.29 is 14.3 Å². The third-order valence-electron chi connectivity index (χ3n) is 3.30. The van der Waals surface area contributed by atoms with Crippen LogP contribution in [-0.2, 0) is 9.53 Å². The Labute approximate surface area is 136 Å². The maximum Gasteiger partial charge on any atom is 0.337 e. The fourth-order valence-corrected chi connectivity index (χ4v) is 3.08. The van der Waals surface area contributed by atoms with Gasteiger partial charge >= 0.3 is 12.0 Å². The van der Waals surface area contributed by atoms with Gasteiger partial charge in [0.15, 0.2) is 5.16 Å². The standard InChI is InChI=1S/C15H16N4O3S/c1-2-22-13(20)9-7-16-14(21)17-12(9)8-23-15-18-10-5-3-4-6-11(10)19-15/h3-6H,2,7-8H2,1H3,(H,18,19)(H2,16,17,21). The number of aromatic nitrogens is 2. The number of nitrogens with zero attached hydrogens (tertiary/aromatic N) is 1. The van der Waals surface area contributed by atoms with E-state index < -0.39 is 5.97 Å². The van der Waals surface area contributed by atoms with Crippen molar-refractivity contribution in [3.63, 3.8) is 0 Å². The minimum absolute atomic E-state index is 0.167. The molecule has 2 aromatic rings. The lowest BCUT2D eigenvalue weighted by Gasteiger charge is -2.20. The second-order valence-electron chi connectivity index (χ2n) is 4.83. The Morgan fingerprint density at radius 3 is 3.00 bits per heavy atom. The molecule has 1 aromatic carbocycles.